The van der Waals surface area contributed by atoms with Gasteiger partial charge in [-0.1, -0.05) is 31.4 Å². The van der Waals surface area contributed by atoms with Crippen LogP contribution in [0.3, 0.4) is 0 Å². The molecule has 2 aliphatic carbocycles. The summed E-state index contributed by atoms with van der Waals surface area (Å²) in [6.45, 7) is 0.654. The van der Waals surface area contributed by atoms with E-state index in [9.17, 15) is 9.59 Å². The Morgan fingerprint density at radius 2 is 1.59 bits per heavy atom. The molecule has 2 aliphatic rings. The number of rotatable bonds is 7. The van der Waals surface area contributed by atoms with E-state index in [1.54, 1.807) is 0 Å². The van der Waals surface area contributed by atoms with Gasteiger partial charge in [0.25, 0.3) is 0 Å². The summed E-state index contributed by atoms with van der Waals surface area (Å²) in [5.74, 6) is 1.03. The van der Waals surface area contributed by atoms with Crippen LogP contribution in [-0.4, -0.2) is 24.4 Å². The Morgan fingerprint density at radius 1 is 0.931 bits per heavy atom. The molecule has 5 nitrogen and oxygen atoms in total. The summed E-state index contributed by atoms with van der Waals surface area (Å²) in [5, 5.41) is 6.28. The van der Waals surface area contributed by atoms with Crippen LogP contribution < -0.4 is 16.4 Å². The molecule has 0 heterocycles. The van der Waals surface area contributed by atoms with Crippen molar-refractivity contribution in [2.24, 2.45) is 11.8 Å². The zero-order chi connectivity index (χ0) is 19.8. The molecule has 0 radical (unpaired) electrons. The smallest absolute Gasteiger partial charge is 0.223 e. The highest BCUT2D eigenvalue weighted by atomic mass is 35.5. The molecule has 162 valence electrons. The number of nitrogens with one attached hydrogen (secondary N) is 2. The Hall–Kier alpha value is -1.75. The number of hydrogen-bond acceptors (Lipinski definition) is 3. The van der Waals surface area contributed by atoms with Gasteiger partial charge in [-0.3, -0.25) is 9.59 Å². The van der Waals surface area contributed by atoms with Gasteiger partial charge in [0, 0.05) is 30.6 Å². The van der Waals surface area contributed by atoms with Crippen LogP contribution in [0.5, 0.6) is 0 Å². The quantitative estimate of drug-likeness (QED) is 0.582. The second kappa shape index (κ2) is 12.1. The number of benzene rings is 1. The molecule has 0 saturated heterocycles. The predicted octanol–water partition coefficient (Wildman–Crippen LogP) is 3.99. The van der Waals surface area contributed by atoms with Gasteiger partial charge >= 0.3 is 0 Å². The molecule has 2 amide bonds. The van der Waals surface area contributed by atoms with Crippen LogP contribution in [0.15, 0.2) is 24.3 Å². The largest absolute Gasteiger partial charge is 0.399 e. The van der Waals surface area contributed by atoms with Crippen molar-refractivity contribution < 1.29 is 9.59 Å². The first kappa shape index (κ1) is 23.5. The number of carbonyl (C=O) groups excluding carboxylic acids is 2. The van der Waals surface area contributed by atoms with Gasteiger partial charge in [0.05, 0.1) is 0 Å². The summed E-state index contributed by atoms with van der Waals surface area (Å²) in [4.78, 5) is 24.7. The Kier molecular flexibility index (Phi) is 9.79. The van der Waals surface area contributed by atoms with Crippen molar-refractivity contribution in [1.29, 1.82) is 0 Å². The van der Waals surface area contributed by atoms with Crippen LogP contribution >= 0.6 is 12.4 Å². The van der Waals surface area contributed by atoms with E-state index in [-0.39, 0.29) is 36.2 Å². The second-order valence-electron chi connectivity index (χ2n) is 8.61. The first-order valence-electron chi connectivity index (χ1n) is 11.0. The summed E-state index contributed by atoms with van der Waals surface area (Å²) in [6, 6.07) is 8.03. The van der Waals surface area contributed by atoms with E-state index >= 15 is 0 Å². The van der Waals surface area contributed by atoms with Gasteiger partial charge in [-0.25, -0.2) is 0 Å². The van der Waals surface area contributed by atoms with Crippen molar-refractivity contribution >= 4 is 29.9 Å². The van der Waals surface area contributed by atoms with Crippen LogP contribution in [0.25, 0.3) is 0 Å². The molecule has 1 aromatic rings. The maximum Gasteiger partial charge on any atom is 0.223 e. The van der Waals surface area contributed by atoms with Crippen molar-refractivity contribution in [3.8, 4) is 0 Å². The Bertz CT molecular complexity index is 636. The predicted molar refractivity (Wildman–Crippen MR) is 120 cm³/mol. The minimum Gasteiger partial charge on any atom is -0.399 e. The van der Waals surface area contributed by atoms with Crippen LogP contribution in [0.2, 0.25) is 0 Å². The molecule has 1 aromatic carbocycles. The van der Waals surface area contributed by atoms with Crippen molar-refractivity contribution in [1.82, 2.24) is 10.6 Å². The van der Waals surface area contributed by atoms with Gasteiger partial charge in [0.2, 0.25) is 11.8 Å². The average Bonchev–Trinajstić information content (AvgIpc) is 2.70. The molecule has 0 bridgehead atoms. The standard InChI is InChI=1S/C23H35N3O2.ClH/c24-20-10-6-17(7-11-20)14-15-25-23(28)19-8-12-21(13-9-19)26-22(27)16-18-4-2-1-3-5-18;/h6-7,10-11,18-19,21H,1-5,8-9,12-16,24H2,(H,25,28)(H,26,27);1H. The van der Waals surface area contributed by atoms with Crippen molar-refractivity contribution in [3.63, 3.8) is 0 Å². The highest BCUT2D eigenvalue weighted by molar-refractivity contribution is 5.85. The normalized spacial score (nSPS) is 22.3. The first-order valence-corrected chi connectivity index (χ1v) is 11.0. The van der Waals surface area contributed by atoms with E-state index in [0.717, 1.165) is 37.8 Å². The summed E-state index contributed by atoms with van der Waals surface area (Å²) < 4.78 is 0. The van der Waals surface area contributed by atoms with Gasteiger partial charge < -0.3 is 16.4 Å². The van der Waals surface area contributed by atoms with Crippen LogP contribution in [-0.2, 0) is 16.0 Å². The van der Waals surface area contributed by atoms with Gasteiger partial charge in [0.1, 0.15) is 0 Å². The molecule has 0 spiro atoms. The molecule has 0 aromatic heterocycles. The second-order valence-corrected chi connectivity index (χ2v) is 8.61. The highest BCUT2D eigenvalue weighted by Gasteiger charge is 2.27. The van der Waals surface area contributed by atoms with Gasteiger partial charge in [0.15, 0.2) is 0 Å². The summed E-state index contributed by atoms with van der Waals surface area (Å²) in [7, 11) is 0. The molecule has 4 N–H and O–H groups in total. The van der Waals surface area contributed by atoms with E-state index < -0.39 is 0 Å². The lowest BCUT2D eigenvalue weighted by molar-refractivity contribution is -0.126. The maximum absolute atomic E-state index is 12.4. The third kappa shape index (κ3) is 7.88. The lowest BCUT2D eigenvalue weighted by Gasteiger charge is -2.29. The van der Waals surface area contributed by atoms with Gasteiger partial charge in [-0.15, -0.1) is 12.4 Å². The number of halogens is 1. The van der Waals surface area contributed by atoms with Gasteiger partial charge in [-0.05, 0) is 68.6 Å². The number of amides is 2. The van der Waals surface area contributed by atoms with E-state index in [0.29, 0.717) is 18.9 Å². The summed E-state index contributed by atoms with van der Waals surface area (Å²) >= 11 is 0. The summed E-state index contributed by atoms with van der Waals surface area (Å²) in [6.07, 6.45) is 11.3. The van der Waals surface area contributed by atoms with Crippen molar-refractivity contribution in [3.05, 3.63) is 29.8 Å². The molecule has 29 heavy (non-hydrogen) atoms. The van der Waals surface area contributed by atoms with Crippen molar-refractivity contribution in [2.45, 2.75) is 76.7 Å². The zero-order valence-electron chi connectivity index (χ0n) is 17.3. The molecule has 3 rings (SSSR count). The fourth-order valence-corrected chi connectivity index (χ4v) is 4.60. The van der Waals surface area contributed by atoms with Gasteiger partial charge in [-0.2, -0.15) is 0 Å². The molecular formula is C23H36ClN3O2. The SMILES string of the molecule is Cl.Nc1ccc(CCNC(=O)C2CCC(NC(=O)CC3CCCCC3)CC2)cc1. The van der Waals surface area contributed by atoms with Crippen LogP contribution in [0.4, 0.5) is 5.69 Å². The number of nitrogens with two attached hydrogens (primary N) is 1. The Labute approximate surface area is 181 Å². The third-order valence-corrected chi connectivity index (χ3v) is 6.35. The number of nitrogen functional groups attached to an aromatic ring is 1. The first-order chi connectivity index (χ1) is 13.6. The summed E-state index contributed by atoms with van der Waals surface area (Å²) in [5.41, 5.74) is 7.63. The van der Waals surface area contributed by atoms with E-state index in [2.05, 4.69) is 10.6 Å². The topological polar surface area (TPSA) is 84.2 Å². The van der Waals surface area contributed by atoms with Crippen LogP contribution in [0.1, 0.15) is 69.8 Å². The fraction of sp³-hybridized carbons (Fsp3) is 0.652. The lowest BCUT2D eigenvalue weighted by atomic mass is 9.84. The van der Waals surface area contributed by atoms with E-state index in [4.69, 9.17) is 5.73 Å². The average molecular weight is 422 g/mol. The highest BCUT2D eigenvalue weighted by Crippen LogP contribution is 2.27. The molecule has 0 aliphatic heterocycles. The minimum absolute atomic E-state index is 0. The third-order valence-electron chi connectivity index (χ3n) is 6.35. The number of hydrogen-bond donors (Lipinski definition) is 3. The number of carbonyl (C=O) groups is 2. The van der Waals surface area contributed by atoms with Crippen molar-refractivity contribution in [2.75, 3.05) is 12.3 Å². The Morgan fingerprint density at radius 3 is 2.24 bits per heavy atom. The lowest BCUT2D eigenvalue weighted by Crippen LogP contribution is -2.41. The molecule has 2 saturated carbocycles. The number of anilines is 1. The Balaban J connectivity index is 0.00000300. The molecule has 2 fully saturated rings. The van der Waals surface area contributed by atoms with E-state index in [1.165, 1.54) is 37.7 Å². The molecule has 0 atom stereocenters. The monoisotopic (exact) mass is 421 g/mol. The van der Waals surface area contributed by atoms with Crippen LogP contribution in [0, 0.1) is 11.8 Å². The molecule has 6 heteroatoms. The zero-order valence-corrected chi connectivity index (χ0v) is 18.1. The molecular weight excluding hydrogens is 386 g/mol. The fourth-order valence-electron chi connectivity index (χ4n) is 4.60. The maximum atomic E-state index is 12.4. The molecule has 0 unspecified atom stereocenters. The minimum atomic E-state index is 0. The van der Waals surface area contributed by atoms with E-state index in [1.807, 2.05) is 24.3 Å².